The molecule has 0 unspecified atom stereocenters. The largest absolute Gasteiger partial charge is 0.466 e. The summed E-state index contributed by atoms with van der Waals surface area (Å²) in [5, 5.41) is 11.5. The fourth-order valence-corrected chi connectivity index (χ4v) is 1.07. The number of rotatable bonds is 2. The Hall–Kier alpha value is -1.10. The fraction of sp³-hybridized carbons (Fsp3) is 0.714. The summed E-state index contributed by atoms with van der Waals surface area (Å²) in [6, 6.07) is 0. The number of carbonyl (C=O) groups excluding carboxylic acids is 2. The number of esters is 1. The molecule has 2 atom stereocenters. The topological polar surface area (TPSA) is 75.6 Å². The summed E-state index contributed by atoms with van der Waals surface area (Å²) < 4.78 is 4.65. The van der Waals surface area contributed by atoms with Crippen LogP contribution in [0.15, 0.2) is 0 Å². The van der Waals surface area contributed by atoms with Crippen LogP contribution >= 0.6 is 0 Å². The van der Waals surface area contributed by atoms with Crippen molar-refractivity contribution >= 4 is 11.9 Å². The van der Waals surface area contributed by atoms with E-state index in [4.69, 9.17) is 5.11 Å². The number of nitrogens with one attached hydrogen (secondary N) is 1. The highest BCUT2D eigenvalue weighted by Crippen LogP contribution is 2.11. The molecule has 0 saturated carbocycles. The van der Waals surface area contributed by atoms with E-state index in [1.54, 1.807) is 6.92 Å². The number of hydrogen-bond donors (Lipinski definition) is 2. The van der Waals surface area contributed by atoms with Gasteiger partial charge in [0.25, 0.3) is 0 Å². The minimum atomic E-state index is -1.25. The summed E-state index contributed by atoms with van der Waals surface area (Å²) >= 11 is 0. The van der Waals surface area contributed by atoms with Crippen LogP contribution in [-0.2, 0) is 14.3 Å². The van der Waals surface area contributed by atoms with Gasteiger partial charge < -0.3 is 15.2 Å². The quantitative estimate of drug-likeness (QED) is 0.506. The first kappa shape index (κ1) is 8.99. The molecule has 0 aromatic carbocycles. The number of amides is 1. The van der Waals surface area contributed by atoms with Gasteiger partial charge in [-0.05, 0) is 6.92 Å². The van der Waals surface area contributed by atoms with Crippen LogP contribution in [-0.4, -0.2) is 36.2 Å². The lowest BCUT2D eigenvalue weighted by molar-refractivity contribution is -0.152. The number of ether oxygens (including phenoxy) is 1. The molecular formula is C7H11NO4. The van der Waals surface area contributed by atoms with Gasteiger partial charge in [0.05, 0.1) is 6.61 Å². The maximum Gasteiger partial charge on any atom is 0.313 e. The molecule has 1 rings (SSSR count). The molecule has 1 heterocycles. The highest BCUT2D eigenvalue weighted by atomic mass is 16.5. The third kappa shape index (κ3) is 1.55. The molecule has 1 fully saturated rings. The van der Waals surface area contributed by atoms with Crippen LogP contribution in [0.4, 0.5) is 0 Å². The van der Waals surface area contributed by atoms with Crippen molar-refractivity contribution in [1.82, 2.24) is 5.32 Å². The first-order valence-corrected chi connectivity index (χ1v) is 3.79. The molecule has 5 nitrogen and oxygen atoms in total. The van der Waals surface area contributed by atoms with Gasteiger partial charge in [-0.25, -0.2) is 0 Å². The van der Waals surface area contributed by atoms with Crippen LogP contribution < -0.4 is 5.32 Å². The van der Waals surface area contributed by atoms with Gasteiger partial charge in [0.1, 0.15) is 12.0 Å². The van der Waals surface area contributed by atoms with Crippen molar-refractivity contribution in [3.63, 3.8) is 0 Å². The van der Waals surface area contributed by atoms with Gasteiger partial charge in [0.2, 0.25) is 5.91 Å². The van der Waals surface area contributed by atoms with E-state index in [0.29, 0.717) is 0 Å². The molecule has 0 spiro atoms. The maximum absolute atomic E-state index is 11.0. The third-order valence-electron chi connectivity index (χ3n) is 1.74. The fourth-order valence-electron chi connectivity index (χ4n) is 1.07. The van der Waals surface area contributed by atoms with Gasteiger partial charge in [0, 0.05) is 6.54 Å². The monoisotopic (exact) mass is 173 g/mol. The standard InChI is InChI=1S/C7H11NO4/c1-2-12-7(11)4-3-8-6(10)5(4)9/h4-5,9H,2-3H2,1H3,(H,8,10)/t4-,5+/m0/s1. The Kier molecular flexibility index (Phi) is 2.65. The molecule has 0 bridgehead atoms. The van der Waals surface area contributed by atoms with Crippen LogP contribution in [0.5, 0.6) is 0 Å². The molecule has 0 aromatic heterocycles. The zero-order chi connectivity index (χ0) is 9.14. The van der Waals surface area contributed by atoms with Crippen molar-refractivity contribution in [1.29, 1.82) is 0 Å². The summed E-state index contributed by atoms with van der Waals surface area (Å²) in [6.45, 7) is 2.10. The van der Waals surface area contributed by atoms with Crippen molar-refractivity contribution in [2.45, 2.75) is 13.0 Å². The zero-order valence-electron chi connectivity index (χ0n) is 6.74. The predicted molar refractivity (Wildman–Crippen MR) is 39.1 cm³/mol. The van der Waals surface area contributed by atoms with Crippen molar-refractivity contribution in [3.8, 4) is 0 Å². The number of aliphatic hydroxyl groups excluding tert-OH is 1. The van der Waals surface area contributed by atoms with Gasteiger partial charge in [-0.15, -0.1) is 0 Å². The van der Waals surface area contributed by atoms with E-state index in [0.717, 1.165) is 0 Å². The summed E-state index contributed by atoms with van der Waals surface area (Å²) in [5.41, 5.74) is 0. The van der Waals surface area contributed by atoms with E-state index in [-0.39, 0.29) is 13.2 Å². The molecule has 1 aliphatic rings. The van der Waals surface area contributed by atoms with Gasteiger partial charge in [-0.3, -0.25) is 9.59 Å². The lowest BCUT2D eigenvalue weighted by atomic mass is 10.1. The van der Waals surface area contributed by atoms with Crippen LogP contribution in [0.3, 0.4) is 0 Å². The molecule has 12 heavy (non-hydrogen) atoms. The summed E-state index contributed by atoms with van der Waals surface area (Å²) in [6.07, 6.45) is -1.25. The molecule has 1 aliphatic heterocycles. The van der Waals surface area contributed by atoms with Crippen LogP contribution in [0.25, 0.3) is 0 Å². The second-order valence-electron chi connectivity index (χ2n) is 2.55. The smallest absolute Gasteiger partial charge is 0.313 e. The summed E-state index contributed by atoms with van der Waals surface area (Å²) in [7, 11) is 0. The summed E-state index contributed by atoms with van der Waals surface area (Å²) in [5.74, 6) is -1.77. The average molecular weight is 173 g/mol. The third-order valence-corrected chi connectivity index (χ3v) is 1.74. The second kappa shape index (κ2) is 3.53. The molecular weight excluding hydrogens is 162 g/mol. The van der Waals surface area contributed by atoms with Crippen molar-refractivity contribution < 1.29 is 19.4 Å². The highest BCUT2D eigenvalue weighted by molar-refractivity contribution is 5.90. The first-order chi connectivity index (χ1) is 5.66. The first-order valence-electron chi connectivity index (χ1n) is 3.79. The van der Waals surface area contributed by atoms with Crippen molar-refractivity contribution in [3.05, 3.63) is 0 Å². The minimum absolute atomic E-state index is 0.166. The zero-order valence-corrected chi connectivity index (χ0v) is 6.74. The Morgan fingerprint density at radius 2 is 2.50 bits per heavy atom. The second-order valence-corrected chi connectivity index (χ2v) is 2.55. The van der Waals surface area contributed by atoms with Gasteiger partial charge in [0.15, 0.2) is 0 Å². The Bertz CT molecular complexity index is 204. The SMILES string of the molecule is CCOC(=O)[C@H]1CNC(=O)[C@@H]1O. The van der Waals surface area contributed by atoms with E-state index in [2.05, 4.69) is 10.1 Å². The predicted octanol–water partition coefficient (Wildman–Crippen LogP) is -1.34. The number of hydrogen-bond acceptors (Lipinski definition) is 4. The van der Waals surface area contributed by atoms with Crippen LogP contribution in [0.2, 0.25) is 0 Å². The maximum atomic E-state index is 11.0. The Morgan fingerprint density at radius 3 is 2.92 bits per heavy atom. The lowest BCUT2D eigenvalue weighted by Crippen LogP contribution is -2.30. The lowest BCUT2D eigenvalue weighted by Gasteiger charge is -2.09. The van der Waals surface area contributed by atoms with E-state index in [1.165, 1.54) is 0 Å². The molecule has 0 radical (unpaired) electrons. The molecule has 2 N–H and O–H groups in total. The molecule has 0 aromatic rings. The Labute approximate surface area is 69.7 Å². The number of carbonyl (C=O) groups is 2. The average Bonchev–Trinajstić information content (AvgIpc) is 2.34. The van der Waals surface area contributed by atoms with E-state index < -0.39 is 23.9 Å². The number of aliphatic hydroxyl groups is 1. The normalized spacial score (nSPS) is 28.3. The molecule has 5 heteroatoms. The highest BCUT2D eigenvalue weighted by Gasteiger charge is 2.38. The van der Waals surface area contributed by atoms with Crippen LogP contribution in [0, 0.1) is 5.92 Å². The molecule has 0 aliphatic carbocycles. The molecule has 1 saturated heterocycles. The van der Waals surface area contributed by atoms with Crippen LogP contribution in [0.1, 0.15) is 6.92 Å². The Balaban J connectivity index is 2.53. The van der Waals surface area contributed by atoms with Gasteiger partial charge >= 0.3 is 5.97 Å². The van der Waals surface area contributed by atoms with E-state index >= 15 is 0 Å². The van der Waals surface area contributed by atoms with Crippen molar-refractivity contribution in [2.75, 3.05) is 13.2 Å². The van der Waals surface area contributed by atoms with Gasteiger partial charge in [-0.2, -0.15) is 0 Å². The van der Waals surface area contributed by atoms with E-state index in [1.807, 2.05) is 0 Å². The minimum Gasteiger partial charge on any atom is -0.466 e. The Morgan fingerprint density at radius 1 is 1.83 bits per heavy atom. The van der Waals surface area contributed by atoms with Crippen molar-refractivity contribution in [2.24, 2.45) is 5.92 Å². The van der Waals surface area contributed by atoms with E-state index in [9.17, 15) is 9.59 Å². The van der Waals surface area contributed by atoms with Gasteiger partial charge in [-0.1, -0.05) is 0 Å². The summed E-state index contributed by atoms with van der Waals surface area (Å²) in [4.78, 5) is 21.8. The molecule has 68 valence electrons. The molecule has 1 amide bonds.